The Kier molecular flexibility index (Phi) is 9.45. The zero-order valence-corrected chi connectivity index (χ0v) is 21.9. The molecule has 0 amide bonds. The van der Waals surface area contributed by atoms with Crippen molar-refractivity contribution in [2.75, 3.05) is 13.2 Å². The van der Waals surface area contributed by atoms with Crippen LogP contribution in [0.3, 0.4) is 0 Å². The molecule has 3 nitrogen and oxygen atoms in total. The van der Waals surface area contributed by atoms with Gasteiger partial charge in [0, 0.05) is 114 Å². The topological polar surface area (TPSA) is 49.7 Å². The van der Waals surface area contributed by atoms with Crippen LogP contribution < -0.4 is 4.74 Å². The van der Waals surface area contributed by atoms with Gasteiger partial charge in [-0.2, -0.15) is 0 Å². The van der Waals surface area contributed by atoms with Crippen molar-refractivity contribution in [1.82, 2.24) is 0 Å². The average molecular weight is 409 g/mol. The Bertz CT molecular complexity index is 1060. The summed E-state index contributed by atoms with van der Waals surface area (Å²) in [5.41, 5.74) is 1.60. The summed E-state index contributed by atoms with van der Waals surface area (Å²) in [4.78, 5) is 0. The molecule has 0 aliphatic carbocycles. The first-order chi connectivity index (χ1) is 12.3. The van der Waals surface area contributed by atoms with Gasteiger partial charge in [-0.15, -0.1) is 0 Å². The number of fused-ring (bicyclic) bond motifs is 2. The van der Waals surface area contributed by atoms with Crippen LogP contribution in [0.1, 0.15) is 0 Å². The first-order valence-electron chi connectivity index (χ1n) is 8.26. The van der Waals surface area contributed by atoms with Gasteiger partial charge in [0.05, 0.1) is 6.61 Å². The average Bonchev–Trinajstić information content (AvgIpc) is 2.66. The minimum atomic E-state index is -0.0617. The molecule has 0 aliphatic heterocycles. The van der Waals surface area contributed by atoms with E-state index < -0.39 is 0 Å². The molecule has 0 fully saturated rings. The number of aliphatic hydroxyl groups excluding tert-OH is 1. The van der Waals surface area contributed by atoms with E-state index >= 15 is 0 Å². The van der Waals surface area contributed by atoms with Crippen molar-refractivity contribution in [3.63, 3.8) is 0 Å². The number of aliphatic hydroxyl groups is 1. The van der Waals surface area contributed by atoms with Crippen LogP contribution in [0.25, 0.3) is 32.7 Å². The van der Waals surface area contributed by atoms with E-state index in [4.69, 9.17) is 9.84 Å². The second-order valence-electron chi connectivity index (χ2n) is 5.91. The predicted molar refractivity (Wildman–Crippen MR) is 113 cm³/mol. The third kappa shape index (κ3) is 4.87. The molecule has 0 bridgehead atoms. The van der Waals surface area contributed by atoms with E-state index in [9.17, 15) is 5.11 Å². The molecule has 5 heteroatoms. The number of aromatic hydroxyl groups is 1. The van der Waals surface area contributed by atoms with Crippen LogP contribution in [0.15, 0.2) is 72.8 Å². The summed E-state index contributed by atoms with van der Waals surface area (Å²) >= 11 is 0. The largest absolute Gasteiger partial charge is 0.507 e. The molecule has 4 aromatic rings. The Labute approximate surface area is 243 Å². The maximum Gasteiger partial charge on any atom is 0.128 e. The van der Waals surface area contributed by atoms with Crippen molar-refractivity contribution < 1.29 is 14.9 Å². The molecule has 0 unspecified atom stereocenters. The van der Waals surface area contributed by atoms with Crippen molar-refractivity contribution in [2.45, 2.75) is 0 Å². The maximum atomic E-state index is 10.7. The summed E-state index contributed by atoms with van der Waals surface area (Å²) < 4.78 is 5.79. The van der Waals surface area contributed by atoms with Crippen LogP contribution in [0.2, 0.25) is 0 Å². The van der Waals surface area contributed by atoms with Gasteiger partial charge in [-0.1, -0.05) is 60.7 Å². The second-order valence-corrected chi connectivity index (χ2v) is 5.91. The quantitative estimate of drug-likeness (QED) is 0.502. The number of hydrogen-bond acceptors (Lipinski definition) is 3. The molecule has 4 aromatic carbocycles. The standard InChI is InChI=1S/C22H18O3.2K/c23-13-14-25-20-12-10-16-6-2-4-8-18(16)22(20)21-17-7-3-1-5-15(17)9-11-19(21)24;;/h1-12,23-24H,13-14H2;;. The Morgan fingerprint density at radius 1 is 0.667 bits per heavy atom. The molecule has 0 spiro atoms. The number of benzene rings is 4. The molecule has 0 saturated heterocycles. The second kappa shape index (κ2) is 10.9. The normalized spacial score (nSPS) is 10.3. The number of hydrogen-bond donors (Lipinski definition) is 2. The fraction of sp³-hybridized carbons (Fsp3) is 0.0909. The van der Waals surface area contributed by atoms with Crippen molar-refractivity contribution in [3.8, 4) is 22.6 Å². The fourth-order valence-electron chi connectivity index (χ4n) is 3.31. The fourth-order valence-corrected chi connectivity index (χ4v) is 3.31. The van der Waals surface area contributed by atoms with Gasteiger partial charge in [-0.25, -0.2) is 0 Å². The van der Waals surface area contributed by atoms with Gasteiger partial charge >= 0.3 is 0 Å². The summed E-state index contributed by atoms with van der Waals surface area (Å²) in [6.07, 6.45) is 0. The molecular weight excluding hydrogens is 390 g/mol. The maximum absolute atomic E-state index is 10.7. The van der Waals surface area contributed by atoms with Gasteiger partial charge in [0.15, 0.2) is 0 Å². The van der Waals surface area contributed by atoms with E-state index in [0.717, 1.165) is 32.7 Å². The van der Waals surface area contributed by atoms with Gasteiger partial charge in [0.2, 0.25) is 0 Å². The number of rotatable bonds is 4. The van der Waals surface area contributed by atoms with Gasteiger partial charge in [0.1, 0.15) is 18.1 Å². The smallest absolute Gasteiger partial charge is 0.128 e. The summed E-state index contributed by atoms with van der Waals surface area (Å²) in [5, 5.41) is 23.9. The number of ether oxygens (including phenoxy) is 1. The molecule has 2 N–H and O–H groups in total. The molecule has 0 aromatic heterocycles. The molecule has 126 valence electrons. The molecule has 2 radical (unpaired) electrons. The van der Waals surface area contributed by atoms with Crippen molar-refractivity contribution in [1.29, 1.82) is 0 Å². The zero-order valence-electron chi connectivity index (χ0n) is 15.6. The summed E-state index contributed by atoms with van der Waals surface area (Å²) in [7, 11) is 0. The van der Waals surface area contributed by atoms with Crippen LogP contribution in [-0.4, -0.2) is 126 Å². The molecule has 4 rings (SSSR count). The van der Waals surface area contributed by atoms with Crippen molar-refractivity contribution >= 4 is 124 Å². The Balaban J connectivity index is 0.00000131. The minimum absolute atomic E-state index is 0. The van der Waals surface area contributed by atoms with Crippen LogP contribution in [0.5, 0.6) is 11.5 Å². The van der Waals surface area contributed by atoms with E-state index in [1.807, 2.05) is 66.7 Å². The zero-order chi connectivity index (χ0) is 17.2. The van der Waals surface area contributed by atoms with E-state index in [0.29, 0.717) is 5.75 Å². The van der Waals surface area contributed by atoms with Gasteiger partial charge < -0.3 is 14.9 Å². The van der Waals surface area contributed by atoms with Crippen LogP contribution >= 0.6 is 0 Å². The van der Waals surface area contributed by atoms with E-state index in [1.54, 1.807) is 6.07 Å². The number of phenols is 1. The molecule has 0 atom stereocenters. The van der Waals surface area contributed by atoms with Crippen molar-refractivity contribution in [2.24, 2.45) is 0 Å². The summed E-state index contributed by atoms with van der Waals surface area (Å²) in [5.74, 6) is 0.864. The van der Waals surface area contributed by atoms with E-state index in [-0.39, 0.29) is 122 Å². The van der Waals surface area contributed by atoms with Gasteiger partial charge in [-0.3, -0.25) is 0 Å². The monoisotopic (exact) mass is 408 g/mol. The van der Waals surface area contributed by atoms with Gasteiger partial charge in [0.25, 0.3) is 0 Å². The van der Waals surface area contributed by atoms with Crippen LogP contribution in [-0.2, 0) is 0 Å². The predicted octanol–water partition coefficient (Wildman–Crippen LogP) is 3.98. The first-order valence-corrected chi connectivity index (χ1v) is 8.26. The molecule has 27 heavy (non-hydrogen) atoms. The number of phenolic OH excluding ortho intramolecular Hbond substituents is 1. The third-order valence-electron chi connectivity index (χ3n) is 4.40. The first kappa shape index (κ1) is 23.5. The molecule has 0 heterocycles. The summed E-state index contributed by atoms with van der Waals surface area (Å²) in [6.45, 7) is 0.144. The third-order valence-corrected chi connectivity index (χ3v) is 4.40. The Morgan fingerprint density at radius 3 is 1.85 bits per heavy atom. The van der Waals surface area contributed by atoms with Gasteiger partial charge in [-0.05, 0) is 33.7 Å². The van der Waals surface area contributed by atoms with Crippen LogP contribution in [0.4, 0.5) is 0 Å². The molecule has 0 saturated carbocycles. The Morgan fingerprint density at radius 2 is 1.22 bits per heavy atom. The summed E-state index contributed by atoms with van der Waals surface area (Å²) in [6, 6.07) is 23.5. The minimum Gasteiger partial charge on any atom is -0.507 e. The van der Waals surface area contributed by atoms with Crippen LogP contribution in [0, 0.1) is 0 Å². The van der Waals surface area contributed by atoms with E-state index in [2.05, 4.69) is 0 Å². The van der Waals surface area contributed by atoms with E-state index in [1.165, 1.54) is 0 Å². The Hall–Kier alpha value is 0.233. The molecular formula is C22H18K2O3. The SMILES string of the molecule is OCCOc1ccc2ccccc2c1-c1c(O)ccc2ccccc12.[K].[K]. The van der Waals surface area contributed by atoms with Crippen molar-refractivity contribution in [3.05, 3.63) is 72.8 Å². The molecule has 0 aliphatic rings.